The number of alkyl halides is 1. The molecule has 1 aromatic rings. The molecule has 1 aliphatic rings. The van der Waals surface area contributed by atoms with E-state index >= 15 is 0 Å². The lowest BCUT2D eigenvalue weighted by atomic mass is 9.89. The molecule has 0 radical (unpaired) electrons. The molecule has 18 heavy (non-hydrogen) atoms. The highest BCUT2D eigenvalue weighted by Gasteiger charge is 2.19. The second kappa shape index (κ2) is 6.88. The van der Waals surface area contributed by atoms with Gasteiger partial charge in [0.15, 0.2) is 0 Å². The first kappa shape index (κ1) is 14.3. The molecule has 0 amide bonds. The Hall–Kier alpha value is -0.120. The van der Waals surface area contributed by atoms with Gasteiger partial charge in [0.1, 0.15) is 5.82 Å². The molecule has 1 fully saturated rings. The first-order valence-electron chi connectivity index (χ1n) is 6.44. The van der Waals surface area contributed by atoms with E-state index in [1.807, 2.05) is 12.1 Å². The zero-order valence-electron chi connectivity index (χ0n) is 10.3. The van der Waals surface area contributed by atoms with Crippen LogP contribution in [0.4, 0.5) is 4.39 Å². The summed E-state index contributed by atoms with van der Waals surface area (Å²) in [4.78, 5) is 0. The molecule has 0 aliphatic heterocycles. The molecule has 100 valence electrons. The number of hydrogen-bond donors (Lipinski definition) is 1. The molecule has 1 nitrogen and oxygen atoms in total. The third kappa shape index (κ3) is 4.22. The topological polar surface area (TPSA) is 12.0 Å². The molecule has 2 rings (SSSR count). The largest absolute Gasteiger partial charge is 0.312 e. The zero-order valence-corrected chi connectivity index (χ0v) is 12.6. The highest BCUT2D eigenvalue weighted by Crippen LogP contribution is 2.27. The highest BCUT2D eigenvalue weighted by atomic mass is 79.9. The molecule has 1 aliphatic carbocycles. The van der Waals surface area contributed by atoms with Gasteiger partial charge >= 0.3 is 0 Å². The van der Waals surface area contributed by atoms with Crippen molar-refractivity contribution in [2.45, 2.75) is 37.6 Å². The van der Waals surface area contributed by atoms with Gasteiger partial charge in [-0.1, -0.05) is 12.5 Å². The van der Waals surface area contributed by atoms with Gasteiger partial charge in [-0.05, 0) is 65.4 Å². The first-order chi connectivity index (χ1) is 8.65. The molecule has 0 aromatic heterocycles. The lowest BCUT2D eigenvalue weighted by molar-refractivity contribution is 0.346. The molecule has 1 aromatic carbocycles. The Morgan fingerprint density at radius 1 is 1.39 bits per heavy atom. The first-order valence-corrected chi connectivity index (χ1v) is 7.67. The van der Waals surface area contributed by atoms with E-state index in [4.69, 9.17) is 11.6 Å². The predicted molar refractivity (Wildman–Crippen MR) is 77.4 cm³/mol. The van der Waals surface area contributed by atoms with Crippen LogP contribution in [0, 0.1) is 11.7 Å². The van der Waals surface area contributed by atoms with Gasteiger partial charge in [0.25, 0.3) is 0 Å². The van der Waals surface area contributed by atoms with Crippen LogP contribution >= 0.6 is 27.5 Å². The SMILES string of the molecule is Fc1ccc(CNCC2CCCC(Cl)C2)cc1Br. The Labute approximate surface area is 121 Å². The van der Waals surface area contributed by atoms with Crippen LogP contribution in [0.5, 0.6) is 0 Å². The summed E-state index contributed by atoms with van der Waals surface area (Å²) in [5.74, 6) is 0.473. The summed E-state index contributed by atoms with van der Waals surface area (Å²) in [5.41, 5.74) is 1.10. The Balaban J connectivity index is 1.76. The molecule has 1 saturated carbocycles. The number of benzene rings is 1. The summed E-state index contributed by atoms with van der Waals surface area (Å²) in [5, 5.41) is 3.79. The summed E-state index contributed by atoms with van der Waals surface area (Å²) in [6, 6.07) is 5.14. The highest BCUT2D eigenvalue weighted by molar-refractivity contribution is 9.10. The van der Waals surface area contributed by atoms with Gasteiger partial charge in [0.05, 0.1) is 4.47 Å². The van der Waals surface area contributed by atoms with E-state index in [0.717, 1.165) is 31.5 Å². The molecule has 2 atom stereocenters. The van der Waals surface area contributed by atoms with E-state index in [1.165, 1.54) is 18.9 Å². The number of nitrogens with one attached hydrogen (secondary N) is 1. The molecule has 0 saturated heterocycles. The molecule has 2 unspecified atom stereocenters. The van der Waals surface area contributed by atoms with Crippen molar-refractivity contribution in [3.05, 3.63) is 34.1 Å². The second-order valence-electron chi connectivity index (χ2n) is 5.01. The molecule has 1 N–H and O–H groups in total. The van der Waals surface area contributed by atoms with Crippen molar-refractivity contribution in [1.82, 2.24) is 5.32 Å². The number of hydrogen-bond acceptors (Lipinski definition) is 1. The van der Waals surface area contributed by atoms with Gasteiger partial charge in [-0.15, -0.1) is 11.6 Å². The summed E-state index contributed by atoms with van der Waals surface area (Å²) in [7, 11) is 0. The summed E-state index contributed by atoms with van der Waals surface area (Å²) < 4.78 is 13.6. The van der Waals surface area contributed by atoms with Crippen LogP contribution in [0.15, 0.2) is 22.7 Å². The van der Waals surface area contributed by atoms with Crippen LogP contribution < -0.4 is 5.32 Å². The van der Waals surface area contributed by atoms with Crippen molar-refractivity contribution in [2.75, 3.05) is 6.54 Å². The summed E-state index contributed by atoms with van der Waals surface area (Å²) in [6.07, 6.45) is 4.77. The van der Waals surface area contributed by atoms with Crippen molar-refractivity contribution >= 4 is 27.5 Å². The lowest BCUT2D eigenvalue weighted by Gasteiger charge is -2.25. The fourth-order valence-corrected chi connectivity index (χ4v) is 3.31. The maximum absolute atomic E-state index is 13.1. The molecule has 0 bridgehead atoms. The Morgan fingerprint density at radius 3 is 2.94 bits per heavy atom. The van der Waals surface area contributed by atoms with Crippen molar-refractivity contribution in [1.29, 1.82) is 0 Å². The van der Waals surface area contributed by atoms with E-state index in [9.17, 15) is 4.39 Å². The van der Waals surface area contributed by atoms with Gasteiger partial charge in [-0.25, -0.2) is 4.39 Å². The molecular formula is C14H18BrClFN. The maximum atomic E-state index is 13.1. The van der Waals surface area contributed by atoms with E-state index in [0.29, 0.717) is 15.8 Å². The van der Waals surface area contributed by atoms with Gasteiger partial charge in [-0.3, -0.25) is 0 Å². The number of rotatable bonds is 4. The third-order valence-corrected chi connectivity index (χ3v) is 4.47. The fraction of sp³-hybridized carbons (Fsp3) is 0.571. The van der Waals surface area contributed by atoms with E-state index in [-0.39, 0.29) is 5.82 Å². The summed E-state index contributed by atoms with van der Waals surface area (Å²) >= 11 is 9.37. The van der Waals surface area contributed by atoms with Gasteiger partial charge in [0, 0.05) is 11.9 Å². The fourth-order valence-electron chi connectivity index (χ4n) is 2.48. The predicted octanol–water partition coefficient (Wildman–Crippen LogP) is 4.48. The van der Waals surface area contributed by atoms with Crippen molar-refractivity contribution < 1.29 is 4.39 Å². The maximum Gasteiger partial charge on any atom is 0.137 e. The normalized spacial score (nSPS) is 24.2. The van der Waals surface area contributed by atoms with Crippen LogP contribution in [-0.4, -0.2) is 11.9 Å². The number of halogens is 3. The van der Waals surface area contributed by atoms with E-state index < -0.39 is 0 Å². The smallest absolute Gasteiger partial charge is 0.137 e. The van der Waals surface area contributed by atoms with Crippen LogP contribution in [0.25, 0.3) is 0 Å². The van der Waals surface area contributed by atoms with E-state index in [1.54, 1.807) is 0 Å². The van der Waals surface area contributed by atoms with E-state index in [2.05, 4.69) is 21.2 Å². The second-order valence-corrected chi connectivity index (χ2v) is 6.48. The molecule has 0 spiro atoms. The van der Waals surface area contributed by atoms with Gasteiger partial charge in [-0.2, -0.15) is 0 Å². The Morgan fingerprint density at radius 2 is 2.22 bits per heavy atom. The Kier molecular flexibility index (Phi) is 5.46. The Bertz CT molecular complexity index is 399. The van der Waals surface area contributed by atoms with Crippen LogP contribution in [0.2, 0.25) is 0 Å². The third-order valence-electron chi connectivity index (χ3n) is 3.46. The minimum atomic E-state index is -0.212. The van der Waals surface area contributed by atoms with Crippen LogP contribution in [0.3, 0.4) is 0 Å². The zero-order chi connectivity index (χ0) is 13.0. The van der Waals surface area contributed by atoms with Gasteiger partial charge < -0.3 is 5.32 Å². The van der Waals surface area contributed by atoms with Gasteiger partial charge in [0.2, 0.25) is 0 Å². The monoisotopic (exact) mass is 333 g/mol. The minimum Gasteiger partial charge on any atom is -0.312 e. The molecular weight excluding hydrogens is 317 g/mol. The molecule has 4 heteroatoms. The molecule has 0 heterocycles. The van der Waals surface area contributed by atoms with Crippen molar-refractivity contribution in [3.8, 4) is 0 Å². The lowest BCUT2D eigenvalue weighted by Crippen LogP contribution is -2.27. The standard InChI is InChI=1S/C14H18BrClFN/c15-13-7-11(4-5-14(13)17)9-18-8-10-2-1-3-12(16)6-10/h4-5,7,10,12,18H,1-3,6,8-9H2. The average Bonchev–Trinajstić information content (AvgIpc) is 2.34. The minimum absolute atomic E-state index is 0.212. The van der Waals surface area contributed by atoms with Crippen molar-refractivity contribution in [3.63, 3.8) is 0 Å². The average molecular weight is 335 g/mol. The van der Waals surface area contributed by atoms with Crippen LogP contribution in [-0.2, 0) is 6.54 Å². The van der Waals surface area contributed by atoms with Crippen molar-refractivity contribution in [2.24, 2.45) is 5.92 Å². The quantitative estimate of drug-likeness (QED) is 0.801. The van der Waals surface area contributed by atoms with Crippen LogP contribution in [0.1, 0.15) is 31.2 Å². The summed E-state index contributed by atoms with van der Waals surface area (Å²) in [6.45, 7) is 1.78.